The number of alkyl halides is 2. The van der Waals surface area contributed by atoms with Crippen LogP contribution in [0, 0.1) is 46.3 Å². The van der Waals surface area contributed by atoms with E-state index < -0.39 is 17.0 Å². The van der Waals surface area contributed by atoms with Gasteiger partial charge in [-0.15, -0.1) is 0 Å². The molecule has 31 heavy (non-hydrogen) atoms. The van der Waals surface area contributed by atoms with E-state index in [1.165, 1.54) is 44.6 Å². The summed E-state index contributed by atoms with van der Waals surface area (Å²) in [7, 11) is 0. The minimum Gasteiger partial charge on any atom is -0.410 e. The summed E-state index contributed by atoms with van der Waals surface area (Å²) in [4.78, 5) is 0. The number of hydrogen-bond donors (Lipinski definition) is 1. The fraction of sp³-hybridized carbons (Fsp3) is 0.889. The third-order valence-corrected chi connectivity index (χ3v) is 10.3. The molecule has 0 bridgehead atoms. The van der Waals surface area contributed by atoms with Crippen LogP contribution in [-0.4, -0.2) is 16.8 Å². The van der Waals surface area contributed by atoms with E-state index in [2.05, 4.69) is 39.8 Å². The highest BCUT2D eigenvalue weighted by Crippen LogP contribution is 2.68. The summed E-state index contributed by atoms with van der Waals surface area (Å²) in [6.45, 7) is 11.7. The molecule has 0 saturated heterocycles. The quantitative estimate of drug-likeness (QED) is 0.343. The first-order valence-electron chi connectivity index (χ1n) is 12.8. The van der Waals surface area contributed by atoms with Crippen LogP contribution >= 0.6 is 0 Å². The highest BCUT2D eigenvalue weighted by molar-refractivity contribution is 6.01. The van der Waals surface area contributed by atoms with Crippen LogP contribution in [0.15, 0.2) is 16.8 Å². The Morgan fingerprint density at radius 3 is 2.48 bits per heavy atom. The van der Waals surface area contributed by atoms with Gasteiger partial charge in [0.05, 0.1) is 0 Å². The minimum absolute atomic E-state index is 0.190. The van der Waals surface area contributed by atoms with Gasteiger partial charge in [-0.05, 0) is 90.9 Å². The average molecular weight is 436 g/mol. The van der Waals surface area contributed by atoms with E-state index in [4.69, 9.17) is 5.21 Å². The second-order valence-corrected chi connectivity index (χ2v) is 12.4. The first-order valence-corrected chi connectivity index (χ1v) is 12.8. The molecule has 0 aromatic carbocycles. The van der Waals surface area contributed by atoms with E-state index >= 15 is 0 Å². The average Bonchev–Trinajstić information content (AvgIpc) is 3.03. The molecule has 176 valence electrons. The van der Waals surface area contributed by atoms with Crippen molar-refractivity contribution in [1.82, 2.24) is 0 Å². The molecule has 4 aliphatic carbocycles. The zero-order valence-electron chi connectivity index (χ0n) is 20.3. The van der Waals surface area contributed by atoms with Gasteiger partial charge in [-0.25, -0.2) is 0 Å². The number of allylic oxidation sites excluding steroid dienone is 2. The van der Waals surface area contributed by atoms with Gasteiger partial charge in [-0.3, -0.25) is 0 Å². The van der Waals surface area contributed by atoms with Crippen molar-refractivity contribution < 1.29 is 14.0 Å². The maximum atomic E-state index is 14.8. The molecule has 3 saturated carbocycles. The lowest BCUT2D eigenvalue weighted by molar-refractivity contribution is -0.0823. The van der Waals surface area contributed by atoms with Crippen LogP contribution < -0.4 is 0 Å². The fourth-order valence-corrected chi connectivity index (χ4v) is 8.76. The zero-order valence-corrected chi connectivity index (χ0v) is 20.3. The summed E-state index contributed by atoms with van der Waals surface area (Å²) >= 11 is 0. The van der Waals surface area contributed by atoms with Crippen LogP contribution in [0.3, 0.4) is 0 Å². The first kappa shape index (κ1) is 23.2. The number of fused-ring (bicyclic) bond motifs is 5. The Bertz CT molecular complexity index is 744. The lowest BCUT2D eigenvalue weighted by Crippen LogP contribution is -2.53. The van der Waals surface area contributed by atoms with Gasteiger partial charge < -0.3 is 5.21 Å². The first-order chi connectivity index (χ1) is 14.5. The Morgan fingerprint density at radius 1 is 1.06 bits per heavy atom. The lowest BCUT2D eigenvalue weighted by Gasteiger charge is -2.59. The Hall–Kier alpha value is -0.930. The standard InChI is InChI=1S/C27H43F2NO/c1-17(2)7-6-8-18(3)21-11-12-22-20-10-9-19-15-24(30-31)27(28,29)16-26(19,5)23(20)13-14-25(21,22)4/h15,17-18,20-23,31H,6-14,16H2,1-5H3/t18-,20+,21-,22+,23+,25-,26+/m1/s1. The van der Waals surface area contributed by atoms with E-state index in [0.29, 0.717) is 23.2 Å². The van der Waals surface area contributed by atoms with Crippen molar-refractivity contribution in [1.29, 1.82) is 0 Å². The molecule has 1 N–H and O–H groups in total. The highest BCUT2D eigenvalue weighted by atomic mass is 19.3. The van der Waals surface area contributed by atoms with Gasteiger partial charge in [0.25, 0.3) is 5.92 Å². The fourth-order valence-electron chi connectivity index (χ4n) is 8.76. The Balaban J connectivity index is 1.54. The van der Waals surface area contributed by atoms with Crippen molar-refractivity contribution in [2.45, 2.75) is 105 Å². The predicted molar refractivity (Wildman–Crippen MR) is 123 cm³/mol. The zero-order chi connectivity index (χ0) is 22.6. The summed E-state index contributed by atoms with van der Waals surface area (Å²) in [6.07, 6.45) is 12.2. The van der Waals surface area contributed by atoms with Gasteiger partial charge in [0.2, 0.25) is 0 Å². The third-order valence-electron chi connectivity index (χ3n) is 10.3. The molecule has 4 rings (SSSR count). The molecule has 7 atom stereocenters. The van der Waals surface area contributed by atoms with E-state index in [-0.39, 0.29) is 6.42 Å². The van der Waals surface area contributed by atoms with Crippen molar-refractivity contribution in [2.75, 3.05) is 0 Å². The maximum Gasteiger partial charge on any atom is 0.293 e. The molecule has 0 aliphatic heterocycles. The molecule has 0 amide bonds. The van der Waals surface area contributed by atoms with E-state index in [0.717, 1.165) is 42.6 Å². The van der Waals surface area contributed by atoms with Gasteiger partial charge in [-0.1, -0.05) is 64.6 Å². The molecule has 0 unspecified atom stereocenters. The van der Waals surface area contributed by atoms with Crippen LogP contribution in [0.2, 0.25) is 0 Å². The lowest BCUT2D eigenvalue weighted by atomic mass is 9.46. The molecular formula is C27H43F2NO. The van der Waals surface area contributed by atoms with Crippen LogP contribution in [0.4, 0.5) is 8.78 Å². The number of hydrogen-bond acceptors (Lipinski definition) is 2. The normalized spacial score (nSPS) is 43.9. The van der Waals surface area contributed by atoms with Crippen molar-refractivity contribution in [3.05, 3.63) is 11.6 Å². The van der Waals surface area contributed by atoms with E-state index in [1.54, 1.807) is 0 Å². The Kier molecular flexibility index (Phi) is 6.10. The van der Waals surface area contributed by atoms with Crippen molar-refractivity contribution >= 4 is 5.71 Å². The smallest absolute Gasteiger partial charge is 0.293 e. The summed E-state index contributed by atoms with van der Waals surface area (Å²) in [5, 5.41) is 12.1. The summed E-state index contributed by atoms with van der Waals surface area (Å²) < 4.78 is 29.6. The number of oxime groups is 1. The van der Waals surface area contributed by atoms with Gasteiger partial charge in [0.1, 0.15) is 5.71 Å². The number of rotatable bonds is 5. The summed E-state index contributed by atoms with van der Waals surface area (Å²) in [6, 6.07) is 0. The van der Waals surface area contributed by atoms with Gasteiger partial charge >= 0.3 is 0 Å². The second kappa shape index (κ2) is 8.13. The van der Waals surface area contributed by atoms with Gasteiger partial charge in [0, 0.05) is 6.42 Å². The monoisotopic (exact) mass is 435 g/mol. The molecule has 4 heteroatoms. The molecule has 2 nitrogen and oxygen atoms in total. The van der Waals surface area contributed by atoms with E-state index in [1.807, 2.05) is 0 Å². The summed E-state index contributed by atoms with van der Waals surface area (Å²) in [5.74, 6) is 0.898. The van der Waals surface area contributed by atoms with Crippen LogP contribution in [0.1, 0.15) is 98.8 Å². The van der Waals surface area contributed by atoms with Crippen molar-refractivity contribution in [2.24, 2.45) is 51.5 Å². The highest BCUT2D eigenvalue weighted by Gasteiger charge is 2.62. The minimum atomic E-state index is -3.03. The molecule has 0 heterocycles. The van der Waals surface area contributed by atoms with Gasteiger partial charge in [-0.2, -0.15) is 8.78 Å². The molecule has 0 aromatic rings. The van der Waals surface area contributed by atoms with Crippen molar-refractivity contribution in [3.8, 4) is 0 Å². The second-order valence-electron chi connectivity index (χ2n) is 12.4. The third kappa shape index (κ3) is 3.78. The van der Waals surface area contributed by atoms with Gasteiger partial charge in [0.15, 0.2) is 0 Å². The predicted octanol–water partition coefficient (Wildman–Crippen LogP) is 8.10. The molecule has 0 radical (unpaired) electrons. The van der Waals surface area contributed by atoms with Crippen LogP contribution in [0.5, 0.6) is 0 Å². The Morgan fingerprint density at radius 2 is 1.81 bits per heavy atom. The van der Waals surface area contributed by atoms with Crippen molar-refractivity contribution in [3.63, 3.8) is 0 Å². The molecule has 0 spiro atoms. The SMILES string of the molecule is CC(C)CCC[C@@H](C)[C@H]1CC[C@H]2[C@@H]3CCC4=CC(=NO)C(F)(F)C[C@]4(C)[C@H]3CC[C@]12C. The number of nitrogens with zero attached hydrogens (tertiary/aromatic N) is 1. The Labute approximate surface area is 187 Å². The molecule has 4 aliphatic rings. The maximum absolute atomic E-state index is 14.8. The molecular weight excluding hydrogens is 392 g/mol. The van der Waals surface area contributed by atoms with E-state index in [9.17, 15) is 8.78 Å². The largest absolute Gasteiger partial charge is 0.410 e. The van der Waals surface area contributed by atoms with Crippen LogP contribution in [0.25, 0.3) is 0 Å². The molecule has 0 aromatic heterocycles. The topological polar surface area (TPSA) is 32.6 Å². The number of halogens is 2. The molecule has 3 fully saturated rings. The van der Waals surface area contributed by atoms with Crippen LogP contribution in [-0.2, 0) is 0 Å². The summed E-state index contributed by atoms with van der Waals surface area (Å²) in [5.41, 5.74) is 0.594.